The summed E-state index contributed by atoms with van der Waals surface area (Å²) >= 11 is 0. The van der Waals surface area contributed by atoms with E-state index in [4.69, 9.17) is 0 Å². The maximum absolute atomic E-state index is 12.0. The number of nitro groups is 1. The van der Waals surface area contributed by atoms with E-state index in [1.807, 2.05) is 0 Å². The van der Waals surface area contributed by atoms with Gasteiger partial charge in [-0.2, -0.15) is 0 Å². The van der Waals surface area contributed by atoms with E-state index in [1.54, 1.807) is 14.1 Å². The van der Waals surface area contributed by atoms with E-state index in [0.29, 0.717) is 12.5 Å². The van der Waals surface area contributed by atoms with Crippen LogP contribution in [0.15, 0.2) is 34.2 Å². The lowest BCUT2D eigenvalue weighted by atomic mass is 10.3. The molecule has 0 aliphatic heterocycles. The van der Waals surface area contributed by atoms with Crippen molar-refractivity contribution in [3.05, 3.63) is 34.4 Å². The topological polar surface area (TPSA) is 126 Å². The number of nitrogens with one attached hydrogen (secondary N) is 3. The van der Waals surface area contributed by atoms with Gasteiger partial charge in [0.15, 0.2) is 5.96 Å². The molecular weight excluding hydrogens is 425 g/mol. The molecule has 124 valence electrons. The number of non-ortho nitro benzene ring substituents is 1. The molecule has 0 unspecified atom stereocenters. The Hall–Kier alpha value is -1.47. The lowest BCUT2D eigenvalue weighted by Gasteiger charge is -2.09. The molecule has 0 atom stereocenters. The van der Waals surface area contributed by atoms with Crippen LogP contribution < -0.4 is 15.4 Å². The Labute approximate surface area is 145 Å². The summed E-state index contributed by atoms with van der Waals surface area (Å²) in [6.07, 6.45) is 0. The van der Waals surface area contributed by atoms with Crippen LogP contribution in [0.3, 0.4) is 0 Å². The molecule has 0 saturated heterocycles. The van der Waals surface area contributed by atoms with Crippen LogP contribution in [-0.4, -0.2) is 46.5 Å². The Morgan fingerprint density at radius 1 is 1.36 bits per heavy atom. The molecule has 0 aromatic heterocycles. The number of hydrogen-bond donors (Lipinski definition) is 3. The van der Waals surface area contributed by atoms with Crippen molar-refractivity contribution < 1.29 is 13.3 Å². The quantitative estimate of drug-likeness (QED) is 0.145. The Balaban J connectivity index is 0.00000441. The molecule has 9 nitrogen and oxygen atoms in total. The van der Waals surface area contributed by atoms with Crippen LogP contribution in [0.5, 0.6) is 0 Å². The standard InChI is InChI=1S/C11H17N5O4S.HI/c1-12-11(13-2)14-6-7-15-21(19,20)10-5-3-4-9(8-10)16(17)18;/h3-5,8,15H,6-7H2,1-2H3,(H2,12,13,14);1H. The van der Waals surface area contributed by atoms with Gasteiger partial charge in [-0.25, -0.2) is 13.1 Å². The summed E-state index contributed by atoms with van der Waals surface area (Å²) in [7, 11) is -0.510. The molecule has 1 rings (SSSR count). The van der Waals surface area contributed by atoms with Crippen LogP contribution in [0, 0.1) is 10.1 Å². The van der Waals surface area contributed by atoms with Crippen molar-refractivity contribution in [2.45, 2.75) is 4.90 Å². The van der Waals surface area contributed by atoms with Gasteiger partial charge in [0.1, 0.15) is 0 Å². The molecule has 0 amide bonds. The van der Waals surface area contributed by atoms with Crippen LogP contribution in [-0.2, 0) is 10.0 Å². The SMILES string of the molecule is CN=C(NC)NCCNS(=O)(=O)c1cccc([N+](=O)[O-])c1.I. The first-order chi connectivity index (χ1) is 9.90. The van der Waals surface area contributed by atoms with E-state index in [9.17, 15) is 18.5 Å². The molecule has 22 heavy (non-hydrogen) atoms. The van der Waals surface area contributed by atoms with Gasteiger partial charge in [0, 0.05) is 39.3 Å². The second-order valence-electron chi connectivity index (χ2n) is 3.90. The molecule has 0 spiro atoms. The zero-order valence-electron chi connectivity index (χ0n) is 12.1. The van der Waals surface area contributed by atoms with Crippen molar-refractivity contribution in [2.24, 2.45) is 4.99 Å². The number of halogens is 1. The lowest BCUT2D eigenvalue weighted by Crippen LogP contribution is -2.39. The van der Waals surface area contributed by atoms with Crippen LogP contribution in [0.1, 0.15) is 0 Å². The molecule has 3 N–H and O–H groups in total. The van der Waals surface area contributed by atoms with Crippen LogP contribution >= 0.6 is 24.0 Å². The highest BCUT2D eigenvalue weighted by Crippen LogP contribution is 2.16. The summed E-state index contributed by atoms with van der Waals surface area (Å²) in [6.45, 7) is 0.438. The van der Waals surface area contributed by atoms with Gasteiger partial charge in [-0.05, 0) is 6.07 Å². The van der Waals surface area contributed by atoms with E-state index >= 15 is 0 Å². The van der Waals surface area contributed by atoms with Gasteiger partial charge in [-0.3, -0.25) is 15.1 Å². The average molecular weight is 443 g/mol. The van der Waals surface area contributed by atoms with Crippen molar-refractivity contribution in [1.29, 1.82) is 0 Å². The molecule has 0 saturated carbocycles. The fourth-order valence-corrected chi connectivity index (χ4v) is 2.56. The molecule has 1 aromatic carbocycles. The number of sulfonamides is 1. The van der Waals surface area contributed by atoms with Crippen molar-refractivity contribution in [1.82, 2.24) is 15.4 Å². The van der Waals surface area contributed by atoms with E-state index in [2.05, 4.69) is 20.3 Å². The minimum atomic E-state index is -3.78. The highest BCUT2D eigenvalue weighted by atomic mass is 127. The fourth-order valence-electron chi connectivity index (χ4n) is 1.49. The first kappa shape index (κ1) is 20.5. The van der Waals surface area contributed by atoms with E-state index in [0.717, 1.165) is 6.07 Å². The van der Waals surface area contributed by atoms with E-state index in [1.165, 1.54) is 18.2 Å². The van der Waals surface area contributed by atoms with Crippen molar-refractivity contribution in [3.8, 4) is 0 Å². The molecule has 0 bridgehead atoms. The van der Waals surface area contributed by atoms with Gasteiger partial charge in [0.25, 0.3) is 5.69 Å². The summed E-state index contributed by atoms with van der Waals surface area (Å²) in [5.41, 5.74) is -0.272. The Bertz CT molecular complexity index is 635. The first-order valence-electron chi connectivity index (χ1n) is 6.03. The third-order valence-electron chi connectivity index (χ3n) is 2.51. The lowest BCUT2D eigenvalue weighted by molar-refractivity contribution is -0.385. The molecule has 1 aromatic rings. The smallest absolute Gasteiger partial charge is 0.270 e. The van der Waals surface area contributed by atoms with Crippen LogP contribution in [0.2, 0.25) is 0 Å². The second kappa shape index (κ2) is 9.53. The van der Waals surface area contributed by atoms with Gasteiger partial charge < -0.3 is 10.6 Å². The minimum absolute atomic E-state index is 0. The number of rotatable bonds is 6. The zero-order chi connectivity index (χ0) is 15.9. The number of nitro benzene ring substituents is 1. The molecular formula is C11H18IN5O4S. The highest BCUT2D eigenvalue weighted by molar-refractivity contribution is 14.0. The van der Waals surface area contributed by atoms with Gasteiger partial charge >= 0.3 is 0 Å². The summed E-state index contributed by atoms with van der Waals surface area (Å²) in [6, 6.07) is 4.88. The molecule has 0 heterocycles. The molecule has 0 fully saturated rings. The van der Waals surface area contributed by atoms with Gasteiger partial charge in [0.2, 0.25) is 10.0 Å². The molecule has 0 aliphatic rings. The van der Waals surface area contributed by atoms with Crippen LogP contribution in [0.4, 0.5) is 5.69 Å². The number of aliphatic imine (C=N–C) groups is 1. The van der Waals surface area contributed by atoms with Crippen molar-refractivity contribution in [2.75, 3.05) is 27.2 Å². The molecule has 0 radical (unpaired) electrons. The second-order valence-corrected chi connectivity index (χ2v) is 5.67. The Kier molecular flexibility index (Phi) is 8.89. The van der Waals surface area contributed by atoms with Crippen molar-refractivity contribution >= 4 is 45.6 Å². The highest BCUT2D eigenvalue weighted by Gasteiger charge is 2.16. The largest absolute Gasteiger partial charge is 0.359 e. The minimum Gasteiger partial charge on any atom is -0.359 e. The van der Waals surface area contributed by atoms with Gasteiger partial charge in [-0.15, -0.1) is 24.0 Å². The van der Waals surface area contributed by atoms with E-state index in [-0.39, 0.29) is 41.1 Å². The number of hydrogen-bond acceptors (Lipinski definition) is 5. The monoisotopic (exact) mass is 443 g/mol. The maximum Gasteiger partial charge on any atom is 0.270 e. The van der Waals surface area contributed by atoms with Gasteiger partial charge in [0.05, 0.1) is 9.82 Å². The summed E-state index contributed by atoms with van der Waals surface area (Å²) in [5, 5.41) is 16.3. The predicted molar refractivity (Wildman–Crippen MR) is 94.1 cm³/mol. The third-order valence-corrected chi connectivity index (χ3v) is 3.97. The normalized spacial score (nSPS) is 11.5. The number of benzene rings is 1. The van der Waals surface area contributed by atoms with Crippen molar-refractivity contribution in [3.63, 3.8) is 0 Å². The summed E-state index contributed by atoms with van der Waals surface area (Å²) in [4.78, 5) is 13.7. The predicted octanol–water partition coefficient (Wildman–Crippen LogP) is 0.286. The molecule has 11 heteroatoms. The summed E-state index contributed by atoms with van der Waals surface area (Å²) in [5.74, 6) is 0.532. The Morgan fingerprint density at radius 3 is 2.59 bits per heavy atom. The summed E-state index contributed by atoms with van der Waals surface area (Å²) < 4.78 is 26.3. The maximum atomic E-state index is 12.0. The fraction of sp³-hybridized carbons (Fsp3) is 0.364. The van der Waals surface area contributed by atoms with Crippen LogP contribution in [0.25, 0.3) is 0 Å². The first-order valence-corrected chi connectivity index (χ1v) is 7.51. The van der Waals surface area contributed by atoms with Gasteiger partial charge in [-0.1, -0.05) is 6.07 Å². The number of guanidine groups is 1. The van der Waals surface area contributed by atoms with E-state index < -0.39 is 14.9 Å². The Morgan fingerprint density at radius 2 is 2.05 bits per heavy atom. The zero-order valence-corrected chi connectivity index (χ0v) is 15.2. The average Bonchev–Trinajstić information content (AvgIpc) is 2.47. The number of nitrogens with zero attached hydrogens (tertiary/aromatic N) is 2. The third kappa shape index (κ3) is 6.11. The molecule has 0 aliphatic carbocycles.